The summed E-state index contributed by atoms with van der Waals surface area (Å²) in [5.41, 5.74) is 3.15. The van der Waals surface area contributed by atoms with Crippen LogP contribution in [0, 0.1) is 5.95 Å². The van der Waals surface area contributed by atoms with E-state index in [-0.39, 0.29) is 4.90 Å². The first-order valence-electron chi connectivity index (χ1n) is 9.40. The molecule has 1 aliphatic heterocycles. The lowest BCUT2D eigenvalue weighted by atomic mass is 10.1. The Hall–Kier alpha value is -2.84. The smallest absolute Gasteiger partial charge is 0.264 e. The van der Waals surface area contributed by atoms with Crippen molar-refractivity contribution in [1.82, 2.24) is 9.55 Å². The first kappa shape index (κ1) is 19.1. The minimum absolute atomic E-state index is 0.271. The lowest BCUT2D eigenvalue weighted by molar-refractivity contribution is 0.584. The van der Waals surface area contributed by atoms with E-state index in [1.807, 2.05) is 48.1 Å². The highest BCUT2D eigenvalue weighted by atomic mass is 32.2. The van der Waals surface area contributed by atoms with E-state index >= 15 is 0 Å². The number of benzene rings is 2. The van der Waals surface area contributed by atoms with Crippen LogP contribution in [0.1, 0.15) is 0 Å². The molecule has 152 valence electrons. The zero-order chi connectivity index (χ0) is 20.9. The van der Waals surface area contributed by atoms with Gasteiger partial charge in [0.05, 0.1) is 10.6 Å². The molecule has 4 aromatic rings. The first-order chi connectivity index (χ1) is 14.4. The third kappa shape index (κ3) is 3.16. The lowest BCUT2D eigenvalue weighted by Gasteiger charge is -2.30. The summed E-state index contributed by atoms with van der Waals surface area (Å²) in [6, 6.07) is 15.7. The number of thioether (sulfide) groups is 1. The van der Waals surface area contributed by atoms with Gasteiger partial charge in [-0.1, -0.05) is 6.07 Å². The number of aryl methyl sites for hydroxylation is 1. The lowest BCUT2D eigenvalue weighted by Crippen LogP contribution is -2.35. The summed E-state index contributed by atoms with van der Waals surface area (Å²) in [6.45, 7) is 0.387. The average molecular weight is 440 g/mol. The largest absolute Gasteiger partial charge is 0.351 e. The molecule has 0 N–H and O–H groups in total. The highest BCUT2D eigenvalue weighted by Crippen LogP contribution is 2.40. The molecule has 5 rings (SSSR count). The summed E-state index contributed by atoms with van der Waals surface area (Å²) in [5.74, 6) is 0.129. The van der Waals surface area contributed by atoms with Crippen LogP contribution in [0.2, 0.25) is 0 Å². The van der Waals surface area contributed by atoms with E-state index in [4.69, 9.17) is 0 Å². The van der Waals surface area contributed by atoms with Crippen LogP contribution >= 0.6 is 11.8 Å². The molecule has 2 aromatic heterocycles. The molecular formula is C22H18FN3O2S2. The van der Waals surface area contributed by atoms with Crippen LogP contribution in [0.15, 0.2) is 76.8 Å². The zero-order valence-corrected chi connectivity index (χ0v) is 17.8. The molecule has 0 atom stereocenters. The van der Waals surface area contributed by atoms with Crippen LogP contribution in [-0.2, 0) is 17.1 Å². The Labute approximate surface area is 178 Å². The van der Waals surface area contributed by atoms with E-state index < -0.39 is 16.0 Å². The highest BCUT2D eigenvalue weighted by molar-refractivity contribution is 8.00. The van der Waals surface area contributed by atoms with Gasteiger partial charge in [0, 0.05) is 53.1 Å². The molecule has 8 heteroatoms. The summed E-state index contributed by atoms with van der Waals surface area (Å²) in [4.78, 5) is 4.89. The molecule has 0 saturated heterocycles. The first-order valence-corrected chi connectivity index (χ1v) is 11.8. The van der Waals surface area contributed by atoms with E-state index in [0.29, 0.717) is 18.0 Å². The molecule has 1 aliphatic rings. The van der Waals surface area contributed by atoms with Crippen molar-refractivity contribution >= 4 is 38.4 Å². The summed E-state index contributed by atoms with van der Waals surface area (Å²) < 4.78 is 43.7. The number of hydrogen-bond donors (Lipinski definition) is 0. The molecule has 5 nitrogen and oxygen atoms in total. The molecule has 0 unspecified atom stereocenters. The Morgan fingerprint density at radius 2 is 1.87 bits per heavy atom. The van der Waals surface area contributed by atoms with Crippen molar-refractivity contribution in [2.45, 2.75) is 9.79 Å². The number of pyridine rings is 1. The van der Waals surface area contributed by atoms with E-state index in [9.17, 15) is 12.8 Å². The number of nitrogens with zero attached hydrogens (tertiary/aromatic N) is 3. The van der Waals surface area contributed by atoms with Crippen LogP contribution < -0.4 is 4.31 Å². The molecule has 0 bridgehead atoms. The predicted molar refractivity (Wildman–Crippen MR) is 118 cm³/mol. The van der Waals surface area contributed by atoms with Gasteiger partial charge in [-0.25, -0.2) is 13.4 Å². The molecule has 0 amide bonds. The summed E-state index contributed by atoms with van der Waals surface area (Å²) in [6.07, 6.45) is 3.37. The van der Waals surface area contributed by atoms with Gasteiger partial charge in [-0.2, -0.15) is 4.39 Å². The number of aromatic nitrogens is 2. The number of rotatable bonds is 3. The van der Waals surface area contributed by atoms with Crippen LogP contribution in [0.3, 0.4) is 0 Å². The molecule has 0 aliphatic carbocycles. The molecule has 0 saturated carbocycles. The zero-order valence-electron chi connectivity index (χ0n) is 16.1. The number of halogens is 1. The molecule has 0 radical (unpaired) electrons. The van der Waals surface area contributed by atoms with Crippen molar-refractivity contribution in [3.05, 3.63) is 72.9 Å². The Morgan fingerprint density at radius 3 is 2.67 bits per heavy atom. The number of hydrogen-bond acceptors (Lipinski definition) is 4. The van der Waals surface area contributed by atoms with Gasteiger partial charge in [-0.3, -0.25) is 4.31 Å². The van der Waals surface area contributed by atoms with E-state index in [2.05, 4.69) is 4.98 Å². The van der Waals surface area contributed by atoms with E-state index in [1.165, 1.54) is 16.6 Å². The molecule has 0 fully saturated rings. The van der Waals surface area contributed by atoms with Crippen molar-refractivity contribution in [2.75, 3.05) is 16.6 Å². The van der Waals surface area contributed by atoms with Gasteiger partial charge < -0.3 is 4.57 Å². The summed E-state index contributed by atoms with van der Waals surface area (Å²) >= 11 is 1.63. The van der Waals surface area contributed by atoms with Gasteiger partial charge >= 0.3 is 0 Å². The normalized spacial score (nSPS) is 14.1. The minimum Gasteiger partial charge on any atom is -0.351 e. The SMILES string of the molecule is Cn1ccc2cc(S(=O)(=O)N3CCSc4ccc(-c5ccc(F)nc5)cc43)ccc21. The van der Waals surface area contributed by atoms with Crippen LogP contribution in [0.4, 0.5) is 10.1 Å². The van der Waals surface area contributed by atoms with E-state index in [1.54, 1.807) is 30.0 Å². The van der Waals surface area contributed by atoms with Crippen molar-refractivity contribution in [1.29, 1.82) is 0 Å². The monoisotopic (exact) mass is 439 g/mol. The molecular weight excluding hydrogens is 421 g/mol. The maximum absolute atomic E-state index is 13.5. The van der Waals surface area contributed by atoms with Crippen LogP contribution in [0.25, 0.3) is 22.0 Å². The molecule has 30 heavy (non-hydrogen) atoms. The van der Waals surface area contributed by atoms with Gasteiger partial charge in [-0.05, 0) is 54.1 Å². The van der Waals surface area contributed by atoms with Crippen molar-refractivity contribution in [3.63, 3.8) is 0 Å². The molecule has 0 spiro atoms. The minimum atomic E-state index is -3.73. The van der Waals surface area contributed by atoms with Crippen molar-refractivity contribution < 1.29 is 12.8 Å². The van der Waals surface area contributed by atoms with Gasteiger partial charge in [0.25, 0.3) is 10.0 Å². The molecule has 3 heterocycles. The Kier molecular flexibility index (Phi) is 4.56. The Bertz CT molecular complexity index is 1370. The number of sulfonamides is 1. The van der Waals surface area contributed by atoms with Gasteiger partial charge in [0.1, 0.15) is 0 Å². The van der Waals surface area contributed by atoms with Gasteiger partial charge in [0.2, 0.25) is 5.95 Å². The van der Waals surface area contributed by atoms with Crippen molar-refractivity contribution in [3.8, 4) is 11.1 Å². The summed E-state index contributed by atoms with van der Waals surface area (Å²) in [7, 11) is -1.80. The molecule has 2 aromatic carbocycles. The van der Waals surface area contributed by atoms with E-state index in [0.717, 1.165) is 26.9 Å². The quantitative estimate of drug-likeness (QED) is 0.435. The van der Waals surface area contributed by atoms with Crippen LogP contribution in [0.5, 0.6) is 0 Å². The van der Waals surface area contributed by atoms with Gasteiger partial charge in [-0.15, -0.1) is 11.8 Å². The third-order valence-electron chi connectivity index (χ3n) is 5.28. The fourth-order valence-electron chi connectivity index (χ4n) is 3.72. The fraction of sp³-hybridized carbons (Fsp3) is 0.136. The van der Waals surface area contributed by atoms with Gasteiger partial charge in [0.15, 0.2) is 0 Å². The maximum Gasteiger partial charge on any atom is 0.264 e. The highest BCUT2D eigenvalue weighted by Gasteiger charge is 2.30. The number of anilines is 1. The second kappa shape index (κ2) is 7.14. The van der Waals surface area contributed by atoms with Crippen LogP contribution in [-0.4, -0.2) is 30.3 Å². The number of fused-ring (bicyclic) bond motifs is 2. The fourth-order valence-corrected chi connectivity index (χ4v) is 6.38. The predicted octanol–water partition coefficient (Wildman–Crippen LogP) is 4.68. The Morgan fingerprint density at radius 1 is 1.03 bits per heavy atom. The standard InChI is InChI=1S/C22H18FN3O2S2/c1-25-9-8-16-12-18(4-5-19(16)25)30(27,28)26-10-11-29-21-6-2-15(13-20(21)26)17-3-7-22(23)24-14-17/h2-9,12-14H,10-11H2,1H3. The topological polar surface area (TPSA) is 55.2 Å². The average Bonchev–Trinajstić information content (AvgIpc) is 3.13. The third-order valence-corrected chi connectivity index (χ3v) is 8.14. The summed E-state index contributed by atoms with van der Waals surface area (Å²) in [5, 5.41) is 0.885. The van der Waals surface area contributed by atoms with Crippen molar-refractivity contribution in [2.24, 2.45) is 7.05 Å². The maximum atomic E-state index is 13.5. The second-order valence-electron chi connectivity index (χ2n) is 7.13. The second-order valence-corrected chi connectivity index (χ2v) is 10.1. The Balaban J connectivity index is 1.59.